The maximum absolute atomic E-state index is 14.6. The van der Waals surface area contributed by atoms with E-state index in [4.69, 9.17) is 4.74 Å². The topological polar surface area (TPSA) is 104 Å². The van der Waals surface area contributed by atoms with E-state index in [2.05, 4.69) is 26.3 Å². The molecule has 1 aliphatic heterocycles. The van der Waals surface area contributed by atoms with Crippen molar-refractivity contribution in [2.75, 3.05) is 30.3 Å². The van der Waals surface area contributed by atoms with E-state index in [0.29, 0.717) is 18.8 Å². The first-order chi connectivity index (χ1) is 13.5. The SMILES string of the molecule is Cc1ccc(NC(=O)Nc2cccc(COC(=O)C3CNCCN3)c2F)cn1. The maximum atomic E-state index is 14.6. The van der Waals surface area contributed by atoms with E-state index in [1.807, 2.05) is 6.92 Å². The fourth-order valence-corrected chi connectivity index (χ4v) is 2.68. The smallest absolute Gasteiger partial charge is 0.324 e. The maximum Gasteiger partial charge on any atom is 0.324 e. The monoisotopic (exact) mass is 387 g/mol. The molecule has 0 radical (unpaired) electrons. The number of halogens is 1. The number of amides is 2. The number of carbonyl (C=O) groups excluding carboxylic acids is 2. The van der Waals surface area contributed by atoms with Crippen LogP contribution in [0.4, 0.5) is 20.6 Å². The van der Waals surface area contributed by atoms with Gasteiger partial charge in [-0.1, -0.05) is 12.1 Å². The van der Waals surface area contributed by atoms with Crippen molar-refractivity contribution < 1.29 is 18.7 Å². The van der Waals surface area contributed by atoms with Crippen molar-refractivity contribution in [1.29, 1.82) is 0 Å². The van der Waals surface area contributed by atoms with Gasteiger partial charge < -0.3 is 26.0 Å². The van der Waals surface area contributed by atoms with E-state index in [1.54, 1.807) is 18.2 Å². The number of nitrogens with one attached hydrogen (secondary N) is 4. The number of anilines is 2. The summed E-state index contributed by atoms with van der Waals surface area (Å²) in [6, 6.07) is 6.91. The second-order valence-corrected chi connectivity index (χ2v) is 6.36. The number of benzene rings is 1. The van der Waals surface area contributed by atoms with Gasteiger partial charge in [-0.05, 0) is 25.1 Å². The second-order valence-electron chi connectivity index (χ2n) is 6.36. The number of hydrogen-bond donors (Lipinski definition) is 4. The zero-order valence-corrected chi connectivity index (χ0v) is 15.4. The quantitative estimate of drug-likeness (QED) is 0.583. The molecular formula is C19H22FN5O3. The van der Waals surface area contributed by atoms with E-state index >= 15 is 0 Å². The normalized spacial score (nSPS) is 16.3. The number of pyridine rings is 1. The van der Waals surface area contributed by atoms with Gasteiger partial charge in [0.1, 0.15) is 12.6 Å². The lowest BCUT2D eigenvalue weighted by atomic mass is 10.2. The third-order valence-electron chi connectivity index (χ3n) is 4.19. The van der Waals surface area contributed by atoms with Crippen molar-refractivity contribution >= 4 is 23.4 Å². The highest BCUT2D eigenvalue weighted by atomic mass is 19.1. The minimum atomic E-state index is -0.651. The van der Waals surface area contributed by atoms with Gasteiger partial charge in [0.15, 0.2) is 5.82 Å². The van der Waals surface area contributed by atoms with Crippen LogP contribution in [-0.4, -0.2) is 42.7 Å². The van der Waals surface area contributed by atoms with Gasteiger partial charge in [-0.2, -0.15) is 0 Å². The van der Waals surface area contributed by atoms with Crippen LogP contribution in [0.3, 0.4) is 0 Å². The minimum Gasteiger partial charge on any atom is -0.460 e. The first kappa shape index (κ1) is 19.7. The van der Waals surface area contributed by atoms with Crippen LogP contribution in [0.5, 0.6) is 0 Å². The molecule has 2 heterocycles. The summed E-state index contributed by atoms with van der Waals surface area (Å²) in [5.41, 5.74) is 1.47. The Balaban J connectivity index is 1.58. The Morgan fingerprint density at radius 3 is 2.82 bits per heavy atom. The van der Waals surface area contributed by atoms with Crippen molar-refractivity contribution in [2.24, 2.45) is 0 Å². The largest absolute Gasteiger partial charge is 0.460 e. The van der Waals surface area contributed by atoms with Crippen LogP contribution in [0, 0.1) is 12.7 Å². The van der Waals surface area contributed by atoms with Gasteiger partial charge in [-0.3, -0.25) is 9.78 Å². The zero-order valence-electron chi connectivity index (χ0n) is 15.4. The average Bonchev–Trinajstić information content (AvgIpc) is 2.71. The molecule has 1 atom stereocenters. The molecule has 2 amide bonds. The molecule has 2 aromatic rings. The predicted octanol–water partition coefficient (Wildman–Crippen LogP) is 1.78. The lowest BCUT2D eigenvalue weighted by Crippen LogP contribution is -2.52. The molecule has 1 saturated heterocycles. The number of aryl methyl sites for hydroxylation is 1. The average molecular weight is 387 g/mol. The fourth-order valence-electron chi connectivity index (χ4n) is 2.68. The lowest BCUT2D eigenvalue weighted by Gasteiger charge is -2.22. The summed E-state index contributed by atoms with van der Waals surface area (Å²) >= 11 is 0. The fraction of sp³-hybridized carbons (Fsp3) is 0.316. The highest BCUT2D eigenvalue weighted by molar-refractivity contribution is 5.99. The van der Waals surface area contributed by atoms with Gasteiger partial charge in [-0.25, -0.2) is 9.18 Å². The number of carbonyl (C=O) groups is 2. The summed E-state index contributed by atoms with van der Waals surface area (Å²) in [4.78, 5) is 28.2. The molecule has 1 aliphatic rings. The van der Waals surface area contributed by atoms with Gasteiger partial charge in [0.05, 0.1) is 17.6 Å². The highest BCUT2D eigenvalue weighted by Crippen LogP contribution is 2.19. The Labute approximate surface area is 161 Å². The van der Waals surface area contributed by atoms with Crippen molar-refractivity contribution in [3.63, 3.8) is 0 Å². The summed E-state index contributed by atoms with van der Waals surface area (Å²) in [5, 5.41) is 11.1. The van der Waals surface area contributed by atoms with Crippen LogP contribution in [0.2, 0.25) is 0 Å². The van der Waals surface area contributed by atoms with E-state index in [-0.39, 0.29) is 17.9 Å². The van der Waals surface area contributed by atoms with Gasteiger partial charge in [0.25, 0.3) is 0 Å². The van der Waals surface area contributed by atoms with Crippen LogP contribution in [0.15, 0.2) is 36.5 Å². The van der Waals surface area contributed by atoms with E-state index < -0.39 is 23.9 Å². The van der Waals surface area contributed by atoms with Crippen LogP contribution in [-0.2, 0) is 16.1 Å². The summed E-state index contributed by atoms with van der Waals surface area (Å²) in [5.74, 6) is -1.10. The molecule has 1 fully saturated rings. The molecule has 0 spiro atoms. The van der Waals surface area contributed by atoms with Crippen molar-refractivity contribution in [1.82, 2.24) is 15.6 Å². The summed E-state index contributed by atoms with van der Waals surface area (Å²) in [6.07, 6.45) is 1.51. The third kappa shape index (κ3) is 5.24. The van der Waals surface area contributed by atoms with E-state index in [0.717, 1.165) is 12.2 Å². The van der Waals surface area contributed by atoms with Crippen LogP contribution < -0.4 is 21.3 Å². The molecule has 1 unspecified atom stereocenters. The molecule has 4 N–H and O–H groups in total. The summed E-state index contributed by atoms with van der Waals surface area (Å²) in [6.45, 7) is 3.53. The second kappa shape index (κ2) is 9.25. The molecule has 3 rings (SSSR count). The number of esters is 1. The molecular weight excluding hydrogens is 365 g/mol. The lowest BCUT2D eigenvalue weighted by molar-refractivity contribution is -0.147. The summed E-state index contributed by atoms with van der Waals surface area (Å²) < 4.78 is 19.8. The van der Waals surface area contributed by atoms with Gasteiger partial charge in [0, 0.05) is 30.9 Å². The van der Waals surface area contributed by atoms with Gasteiger partial charge in [0.2, 0.25) is 0 Å². The van der Waals surface area contributed by atoms with Crippen molar-refractivity contribution in [2.45, 2.75) is 19.6 Å². The molecule has 1 aromatic heterocycles. The molecule has 0 saturated carbocycles. The third-order valence-corrected chi connectivity index (χ3v) is 4.19. The number of rotatable bonds is 5. The van der Waals surface area contributed by atoms with Crippen LogP contribution in [0.25, 0.3) is 0 Å². The van der Waals surface area contributed by atoms with Crippen LogP contribution in [0.1, 0.15) is 11.3 Å². The van der Waals surface area contributed by atoms with E-state index in [9.17, 15) is 14.0 Å². The molecule has 148 valence electrons. The zero-order chi connectivity index (χ0) is 19.9. The molecule has 28 heavy (non-hydrogen) atoms. The van der Waals surface area contributed by atoms with E-state index in [1.165, 1.54) is 18.3 Å². The molecule has 8 nitrogen and oxygen atoms in total. The standard InChI is InChI=1S/C19H22FN5O3/c1-12-5-6-14(9-23-12)24-19(27)25-15-4-2-3-13(17(15)20)11-28-18(26)16-10-21-7-8-22-16/h2-6,9,16,21-22H,7-8,10-11H2,1H3,(H2,24,25,27). The highest BCUT2D eigenvalue weighted by Gasteiger charge is 2.22. The van der Waals surface area contributed by atoms with Gasteiger partial charge >= 0.3 is 12.0 Å². The molecule has 0 aliphatic carbocycles. The molecule has 9 heteroatoms. The Bertz CT molecular complexity index is 838. The molecule has 0 bridgehead atoms. The number of piperazine rings is 1. The number of ether oxygens (including phenoxy) is 1. The Kier molecular flexibility index (Phi) is 6.51. The first-order valence-corrected chi connectivity index (χ1v) is 8.92. The number of urea groups is 1. The Morgan fingerprint density at radius 1 is 1.25 bits per heavy atom. The number of aromatic nitrogens is 1. The van der Waals surface area contributed by atoms with Crippen LogP contribution >= 0.6 is 0 Å². The number of nitrogens with zero attached hydrogens (tertiary/aromatic N) is 1. The Morgan fingerprint density at radius 2 is 2.11 bits per heavy atom. The number of hydrogen-bond acceptors (Lipinski definition) is 6. The molecule has 1 aromatic carbocycles. The van der Waals surface area contributed by atoms with Crippen molar-refractivity contribution in [3.05, 3.63) is 53.6 Å². The predicted molar refractivity (Wildman–Crippen MR) is 102 cm³/mol. The minimum absolute atomic E-state index is 0.0106. The summed E-state index contributed by atoms with van der Waals surface area (Å²) in [7, 11) is 0. The van der Waals surface area contributed by atoms with Gasteiger partial charge in [-0.15, -0.1) is 0 Å². The van der Waals surface area contributed by atoms with Crippen molar-refractivity contribution in [3.8, 4) is 0 Å². The Hall–Kier alpha value is -3.04. The first-order valence-electron chi connectivity index (χ1n) is 8.92.